The molecule has 0 aliphatic heterocycles. The fourth-order valence-corrected chi connectivity index (χ4v) is 3.44. The maximum atomic E-state index is 12.7. The summed E-state index contributed by atoms with van der Waals surface area (Å²) in [6.07, 6.45) is 3.88. The van der Waals surface area contributed by atoms with Gasteiger partial charge in [0.15, 0.2) is 0 Å². The van der Waals surface area contributed by atoms with Crippen LogP contribution in [-0.4, -0.2) is 39.3 Å². The summed E-state index contributed by atoms with van der Waals surface area (Å²) in [6, 6.07) is 7.07. The lowest BCUT2D eigenvalue weighted by Crippen LogP contribution is -2.56. The zero-order chi connectivity index (χ0) is 18.7. The molecule has 8 heteroatoms. The molecule has 1 N–H and O–H groups in total. The Bertz CT molecular complexity index is 810. The average Bonchev–Trinajstić information content (AvgIpc) is 3.04. The Morgan fingerprint density at radius 1 is 1.19 bits per heavy atom. The third-order valence-electron chi connectivity index (χ3n) is 4.68. The number of nitrogens with one attached hydrogen (secondary N) is 1. The van der Waals surface area contributed by atoms with Crippen LogP contribution in [0.5, 0.6) is 0 Å². The maximum absolute atomic E-state index is 12.7. The second kappa shape index (κ2) is 7.45. The SMILES string of the molecule is COC(=O)C1(NC(=O)c2nc(C)n(-c3ccc(Cl)cc3)n2)CCCCC1. The number of carbonyl (C=O) groups is 2. The fourth-order valence-electron chi connectivity index (χ4n) is 3.32. The first-order valence-electron chi connectivity index (χ1n) is 8.56. The van der Waals surface area contributed by atoms with Gasteiger partial charge in [-0.3, -0.25) is 4.79 Å². The molecule has 1 amide bonds. The predicted octanol–water partition coefficient (Wildman–Crippen LogP) is 2.83. The van der Waals surface area contributed by atoms with Gasteiger partial charge >= 0.3 is 5.97 Å². The topological polar surface area (TPSA) is 86.1 Å². The highest BCUT2D eigenvalue weighted by atomic mass is 35.5. The zero-order valence-corrected chi connectivity index (χ0v) is 15.5. The number of methoxy groups -OCH3 is 1. The summed E-state index contributed by atoms with van der Waals surface area (Å²) in [4.78, 5) is 29.2. The lowest BCUT2D eigenvalue weighted by atomic mass is 9.81. The number of rotatable bonds is 4. The zero-order valence-electron chi connectivity index (χ0n) is 14.8. The van der Waals surface area contributed by atoms with Crippen molar-refractivity contribution in [3.63, 3.8) is 0 Å². The maximum Gasteiger partial charge on any atom is 0.331 e. The summed E-state index contributed by atoms with van der Waals surface area (Å²) in [5, 5.41) is 7.73. The molecule has 0 radical (unpaired) electrons. The molecule has 0 atom stereocenters. The van der Waals surface area contributed by atoms with Crippen LogP contribution >= 0.6 is 11.6 Å². The van der Waals surface area contributed by atoms with Crippen molar-refractivity contribution in [2.24, 2.45) is 0 Å². The molecule has 3 rings (SSSR count). The van der Waals surface area contributed by atoms with Gasteiger partial charge in [0.2, 0.25) is 5.82 Å². The second-order valence-corrected chi connectivity index (χ2v) is 6.90. The Kier molecular flexibility index (Phi) is 5.27. The molecule has 1 aromatic heterocycles. The third kappa shape index (κ3) is 3.58. The summed E-state index contributed by atoms with van der Waals surface area (Å²) >= 11 is 5.91. The van der Waals surface area contributed by atoms with Gasteiger partial charge in [-0.15, -0.1) is 5.10 Å². The van der Waals surface area contributed by atoms with Crippen molar-refractivity contribution < 1.29 is 14.3 Å². The number of benzene rings is 1. The van der Waals surface area contributed by atoms with Crippen molar-refractivity contribution >= 4 is 23.5 Å². The van der Waals surface area contributed by atoms with E-state index in [1.807, 2.05) is 0 Å². The third-order valence-corrected chi connectivity index (χ3v) is 4.93. The quantitative estimate of drug-likeness (QED) is 0.829. The molecule has 0 bridgehead atoms. The van der Waals surface area contributed by atoms with Gasteiger partial charge in [0, 0.05) is 5.02 Å². The van der Waals surface area contributed by atoms with Gasteiger partial charge in [-0.2, -0.15) is 0 Å². The number of aryl methyl sites for hydroxylation is 1. The largest absolute Gasteiger partial charge is 0.467 e. The van der Waals surface area contributed by atoms with Gasteiger partial charge in [0.1, 0.15) is 11.4 Å². The minimum Gasteiger partial charge on any atom is -0.467 e. The smallest absolute Gasteiger partial charge is 0.331 e. The van der Waals surface area contributed by atoms with E-state index >= 15 is 0 Å². The Balaban J connectivity index is 1.84. The van der Waals surface area contributed by atoms with Gasteiger partial charge in [-0.1, -0.05) is 30.9 Å². The second-order valence-electron chi connectivity index (χ2n) is 6.46. The van der Waals surface area contributed by atoms with Crippen LogP contribution in [0.3, 0.4) is 0 Å². The first-order chi connectivity index (χ1) is 12.4. The van der Waals surface area contributed by atoms with Crippen molar-refractivity contribution in [1.29, 1.82) is 0 Å². The van der Waals surface area contributed by atoms with E-state index in [1.165, 1.54) is 7.11 Å². The first-order valence-corrected chi connectivity index (χ1v) is 8.93. The first kappa shape index (κ1) is 18.4. The van der Waals surface area contributed by atoms with Crippen LogP contribution in [0.15, 0.2) is 24.3 Å². The molecule has 138 valence electrons. The minimum absolute atomic E-state index is 0.0197. The number of hydrogen-bond donors (Lipinski definition) is 1. The molecule has 1 saturated carbocycles. The molecule has 1 aliphatic rings. The number of ether oxygens (including phenoxy) is 1. The van der Waals surface area contributed by atoms with E-state index in [2.05, 4.69) is 15.4 Å². The van der Waals surface area contributed by atoms with Crippen molar-refractivity contribution in [1.82, 2.24) is 20.1 Å². The number of aromatic nitrogens is 3. The van der Waals surface area contributed by atoms with E-state index < -0.39 is 17.4 Å². The number of hydrogen-bond acceptors (Lipinski definition) is 5. The molecule has 1 heterocycles. The van der Waals surface area contributed by atoms with Gasteiger partial charge in [0.05, 0.1) is 12.8 Å². The Morgan fingerprint density at radius 2 is 1.85 bits per heavy atom. The molecular weight excluding hydrogens is 356 g/mol. The van der Waals surface area contributed by atoms with E-state index in [1.54, 1.807) is 35.9 Å². The fraction of sp³-hybridized carbons (Fsp3) is 0.444. The van der Waals surface area contributed by atoms with Gasteiger partial charge < -0.3 is 10.1 Å². The average molecular weight is 377 g/mol. The highest BCUT2D eigenvalue weighted by Gasteiger charge is 2.42. The van der Waals surface area contributed by atoms with Gasteiger partial charge in [-0.05, 0) is 44.0 Å². The number of carbonyl (C=O) groups excluding carboxylic acids is 2. The lowest BCUT2D eigenvalue weighted by Gasteiger charge is -2.34. The van der Waals surface area contributed by atoms with Crippen LogP contribution < -0.4 is 5.32 Å². The molecule has 0 saturated heterocycles. The summed E-state index contributed by atoms with van der Waals surface area (Å²) < 4.78 is 6.49. The lowest BCUT2D eigenvalue weighted by molar-refractivity contribution is -0.149. The molecule has 2 aromatic rings. The summed E-state index contributed by atoms with van der Waals surface area (Å²) in [6.45, 7) is 1.76. The summed E-state index contributed by atoms with van der Waals surface area (Å²) in [5.41, 5.74) is -0.247. The minimum atomic E-state index is -0.996. The van der Waals surface area contributed by atoms with Gasteiger partial charge in [-0.25, -0.2) is 14.5 Å². The van der Waals surface area contributed by atoms with Gasteiger partial charge in [0.25, 0.3) is 5.91 Å². The number of amides is 1. The summed E-state index contributed by atoms with van der Waals surface area (Å²) in [7, 11) is 1.34. The molecule has 0 spiro atoms. The number of esters is 1. The van der Waals surface area contributed by atoms with Crippen LogP contribution in [0, 0.1) is 6.92 Å². The molecule has 7 nitrogen and oxygen atoms in total. The molecule has 1 fully saturated rings. The Morgan fingerprint density at radius 3 is 2.46 bits per heavy atom. The molecule has 1 aromatic carbocycles. The van der Waals surface area contributed by atoms with Crippen molar-refractivity contribution in [2.45, 2.75) is 44.6 Å². The van der Waals surface area contributed by atoms with E-state index in [9.17, 15) is 9.59 Å². The van der Waals surface area contributed by atoms with E-state index in [4.69, 9.17) is 16.3 Å². The van der Waals surface area contributed by atoms with E-state index in [-0.39, 0.29) is 5.82 Å². The van der Waals surface area contributed by atoms with Crippen LogP contribution in [-0.2, 0) is 9.53 Å². The van der Waals surface area contributed by atoms with Crippen molar-refractivity contribution in [3.8, 4) is 5.69 Å². The van der Waals surface area contributed by atoms with E-state index in [0.717, 1.165) is 24.9 Å². The van der Waals surface area contributed by atoms with Crippen LogP contribution in [0.4, 0.5) is 0 Å². The van der Waals surface area contributed by atoms with E-state index in [0.29, 0.717) is 23.7 Å². The summed E-state index contributed by atoms with van der Waals surface area (Å²) in [5.74, 6) is -0.313. The molecular formula is C18H21ClN4O3. The highest BCUT2D eigenvalue weighted by Crippen LogP contribution is 2.29. The van der Waals surface area contributed by atoms with Crippen molar-refractivity contribution in [2.75, 3.05) is 7.11 Å². The normalized spacial score (nSPS) is 16.1. The molecule has 1 aliphatic carbocycles. The Labute approximate surface area is 156 Å². The van der Waals surface area contributed by atoms with Crippen LogP contribution in [0.1, 0.15) is 48.5 Å². The Hall–Kier alpha value is -2.41. The van der Waals surface area contributed by atoms with Crippen LogP contribution in [0.2, 0.25) is 5.02 Å². The van der Waals surface area contributed by atoms with Crippen LogP contribution in [0.25, 0.3) is 5.69 Å². The highest BCUT2D eigenvalue weighted by molar-refractivity contribution is 6.30. The standard InChI is InChI=1S/C18H21ClN4O3/c1-12-20-15(22-23(12)14-8-6-13(19)7-9-14)16(24)21-18(17(25)26-2)10-4-3-5-11-18/h6-9H,3-5,10-11H2,1-2H3,(H,21,24). The number of nitrogens with zero attached hydrogens (tertiary/aromatic N) is 3. The van der Waals surface area contributed by atoms with Crippen molar-refractivity contribution in [3.05, 3.63) is 40.9 Å². The number of halogens is 1. The molecule has 0 unspecified atom stereocenters. The monoisotopic (exact) mass is 376 g/mol. The predicted molar refractivity (Wildman–Crippen MR) is 96.4 cm³/mol. The molecule has 26 heavy (non-hydrogen) atoms.